The number of benzene rings is 2. The van der Waals surface area contributed by atoms with Crippen LogP contribution < -0.4 is 19.8 Å². The molecule has 0 N–H and O–H groups in total. The third kappa shape index (κ3) is 5.36. The molecule has 1 aliphatic rings. The van der Waals surface area contributed by atoms with Crippen LogP contribution in [0.3, 0.4) is 0 Å². The summed E-state index contributed by atoms with van der Waals surface area (Å²) in [5.74, 6) is 2.33. The van der Waals surface area contributed by atoms with Gasteiger partial charge in [0.25, 0.3) is 0 Å². The first kappa shape index (κ1) is 23.6. The molecule has 0 saturated heterocycles. The Labute approximate surface area is 202 Å². The molecule has 0 radical (unpaired) electrons. The molecule has 7 heteroatoms. The highest BCUT2D eigenvalue weighted by molar-refractivity contribution is 9.10. The first-order valence-electron chi connectivity index (χ1n) is 11.3. The molecule has 0 bridgehead atoms. The Morgan fingerprint density at radius 3 is 2.55 bits per heavy atom. The summed E-state index contributed by atoms with van der Waals surface area (Å²) in [5.41, 5.74) is 3.75. The lowest BCUT2D eigenvalue weighted by Gasteiger charge is -2.29. The van der Waals surface area contributed by atoms with Gasteiger partial charge in [-0.15, -0.1) is 0 Å². The fourth-order valence-electron chi connectivity index (χ4n) is 4.34. The van der Waals surface area contributed by atoms with Gasteiger partial charge in [-0.2, -0.15) is 0 Å². The monoisotopic (exact) mass is 515 g/mol. The smallest absolute Gasteiger partial charge is 0.350 e. The van der Waals surface area contributed by atoms with Crippen molar-refractivity contribution in [1.82, 2.24) is 4.90 Å². The van der Waals surface area contributed by atoms with E-state index in [2.05, 4.69) is 33.0 Å². The fraction of sp³-hybridized carbons (Fsp3) is 0.423. The Kier molecular flexibility index (Phi) is 7.60. The number of rotatable bonds is 9. The second kappa shape index (κ2) is 10.6. The van der Waals surface area contributed by atoms with E-state index in [1.807, 2.05) is 19.1 Å². The van der Waals surface area contributed by atoms with Crippen LogP contribution in [0.2, 0.25) is 0 Å². The molecule has 1 aliphatic heterocycles. The van der Waals surface area contributed by atoms with Crippen LogP contribution in [-0.4, -0.2) is 38.8 Å². The second-order valence-corrected chi connectivity index (χ2v) is 9.19. The fourth-order valence-corrected chi connectivity index (χ4v) is 4.63. The third-order valence-corrected chi connectivity index (χ3v) is 7.17. The summed E-state index contributed by atoms with van der Waals surface area (Å²) in [6, 6.07) is 9.88. The van der Waals surface area contributed by atoms with E-state index in [0.717, 1.165) is 73.5 Å². The Morgan fingerprint density at radius 2 is 1.79 bits per heavy atom. The van der Waals surface area contributed by atoms with Gasteiger partial charge in [0.1, 0.15) is 15.8 Å². The highest BCUT2D eigenvalue weighted by Crippen LogP contribution is 2.33. The molecular weight excluding hydrogens is 486 g/mol. The van der Waals surface area contributed by atoms with Crippen molar-refractivity contribution in [2.45, 2.75) is 39.2 Å². The maximum atomic E-state index is 11.9. The summed E-state index contributed by atoms with van der Waals surface area (Å²) in [6.07, 6.45) is 4.25. The molecule has 0 saturated carbocycles. The minimum absolute atomic E-state index is 0.366. The van der Waals surface area contributed by atoms with Gasteiger partial charge in [-0.3, -0.25) is 4.90 Å². The minimum atomic E-state index is -0.366. The molecule has 4 rings (SSSR count). The zero-order valence-electron chi connectivity index (χ0n) is 19.4. The van der Waals surface area contributed by atoms with Gasteiger partial charge in [0.05, 0.1) is 20.8 Å². The van der Waals surface area contributed by atoms with Crippen molar-refractivity contribution in [2.24, 2.45) is 0 Å². The maximum absolute atomic E-state index is 11.9. The van der Waals surface area contributed by atoms with Crippen LogP contribution in [0, 0.1) is 6.92 Å². The molecule has 2 heterocycles. The number of halogens is 1. The number of methoxy groups -OCH3 is 2. The van der Waals surface area contributed by atoms with Gasteiger partial charge in [-0.05, 0) is 96.0 Å². The predicted molar refractivity (Wildman–Crippen MR) is 133 cm³/mol. The number of aryl methyl sites for hydroxylation is 1. The molecular formula is C26H30BrNO5. The number of ether oxygens (including phenoxy) is 3. The van der Waals surface area contributed by atoms with Crippen molar-refractivity contribution in [3.8, 4) is 17.2 Å². The zero-order valence-corrected chi connectivity index (χ0v) is 21.0. The lowest BCUT2D eigenvalue weighted by atomic mass is 9.98. The van der Waals surface area contributed by atoms with E-state index in [0.29, 0.717) is 16.7 Å². The number of unbranched alkanes of at least 4 members (excludes halogenated alkanes) is 2. The molecule has 0 fully saturated rings. The molecule has 3 aromatic rings. The average Bonchev–Trinajstić information content (AvgIpc) is 2.83. The average molecular weight is 516 g/mol. The molecule has 6 nitrogen and oxygen atoms in total. The predicted octanol–water partition coefficient (Wildman–Crippen LogP) is 5.49. The van der Waals surface area contributed by atoms with E-state index < -0.39 is 0 Å². The van der Waals surface area contributed by atoms with Crippen LogP contribution in [-0.2, 0) is 13.0 Å². The zero-order chi connectivity index (χ0) is 23.4. The van der Waals surface area contributed by atoms with E-state index in [1.165, 1.54) is 11.1 Å². The molecule has 33 heavy (non-hydrogen) atoms. The van der Waals surface area contributed by atoms with Gasteiger partial charge in [0.15, 0.2) is 11.5 Å². The minimum Gasteiger partial charge on any atom is -0.493 e. The number of hydrogen-bond acceptors (Lipinski definition) is 6. The van der Waals surface area contributed by atoms with Crippen LogP contribution in [0.15, 0.2) is 44.0 Å². The molecule has 0 spiro atoms. The normalized spacial score (nSPS) is 13.7. The lowest BCUT2D eigenvalue weighted by molar-refractivity contribution is 0.241. The summed E-state index contributed by atoms with van der Waals surface area (Å²) in [4.78, 5) is 14.4. The third-order valence-electron chi connectivity index (χ3n) is 6.25. The number of nitrogens with zero attached hydrogens (tertiary/aromatic N) is 1. The molecule has 0 aliphatic carbocycles. The molecule has 0 amide bonds. The highest BCUT2D eigenvalue weighted by Gasteiger charge is 2.19. The van der Waals surface area contributed by atoms with Crippen LogP contribution in [0.1, 0.15) is 36.0 Å². The topological polar surface area (TPSA) is 61.1 Å². The van der Waals surface area contributed by atoms with Crippen LogP contribution in [0.4, 0.5) is 0 Å². The standard InChI is InChI=1S/C26H30BrNO5/c1-17-21-8-7-20(15-22(21)33-26(29)25(17)27)32-12-6-4-5-10-28-11-9-18-13-23(30-2)24(31-3)14-19(18)16-28/h7-8,13-15H,4-6,9-12,16H2,1-3H3. The maximum Gasteiger partial charge on any atom is 0.350 e. The molecule has 176 valence electrons. The van der Waals surface area contributed by atoms with Gasteiger partial charge in [-0.25, -0.2) is 4.79 Å². The van der Waals surface area contributed by atoms with Crippen molar-refractivity contribution in [3.05, 3.63) is 61.9 Å². The summed E-state index contributed by atoms with van der Waals surface area (Å²) >= 11 is 3.28. The first-order chi connectivity index (χ1) is 16.0. The van der Waals surface area contributed by atoms with Gasteiger partial charge in [0, 0.05) is 24.5 Å². The van der Waals surface area contributed by atoms with Crippen molar-refractivity contribution in [2.75, 3.05) is 33.9 Å². The van der Waals surface area contributed by atoms with E-state index >= 15 is 0 Å². The van der Waals surface area contributed by atoms with Crippen LogP contribution >= 0.6 is 15.9 Å². The van der Waals surface area contributed by atoms with Crippen molar-refractivity contribution in [3.63, 3.8) is 0 Å². The van der Waals surface area contributed by atoms with Crippen molar-refractivity contribution >= 4 is 26.9 Å². The van der Waals surface area contributed by atoms with Crippen LogP contribution in [0.25, 0.3) is 11.0 Å². The highest BCUT2D eigenvalue weighted by atomic mass is 79.9. The van der Waals surface area contributed by atoms with Crippen molar-refractivity contribution in [1.29, 1.82) is 0 Å². The SMILES string of the molecule is COc1cc2c(cc1OC)CN(CCCCCOc1ccc3c(C)c(Br)c(=O)oc3c1)CC2. The van der Waals surface area contributed by atoms with Gasteiger partial charge in [-0.1, -0.05) is 0 Å². The van der Waals surface area contributed by atoms with Gasteiger partial charge >= 0.3 is 5.63 Å². The number of hydrogen-bond donors (Lipinski definition) is 0. The summed E-state index contributed by atoms with van der Waals surface area (Å²) < 4.78 is 22.6. The van der Waals surface area contributed by atoms with Crippen LogP contribution in [0.5, 0.6) is 17.2 Å². The van der Waals surface area contributed by atoms with E-state index in [9.17, 15) is 4.79 Å². The first-order valence-corrected chi connectivity index (χ1v) is 12.1. The largest absolute Gasteiger partial charge is 0.493 e. The quantitative estimate of drug-likeness (QED) is 0.277. The Morgan fingerprint density at radius 1 is 1.03 bits per heavy atom. The molecule has 1 aromatic heterocycles. The van der Waals surface area contributed by atoms with E-state index in [4.69, 9.17) is 18.6 Å². The van der Waals surface area contributed by atoms with E-state index in [-0.39, 0.29) is 5.63 Å². The lowest BCUT2D eigenvalue weighted by Crippen LogP contribution is -2.31. The van der Waals surface area contributed by atoms with Gasteiger partial charge in [0.2, 0.25) is 0 Å². The van der Waals surface area contributed by atoms with Crippen molar-refractivity contribution < 1.29 is 18.6 Å². The van der Waals surface area contributed by atoms with E-state index in [1.54, 1.807) is 20.3 Å². The summed E-state index contributed by atoms with van der Waals surface area (Å²) in [6.45, 7) is 5.63. The Balaban J connectivity index is 1.22. The second-order valence-electron chi connectivity index (χ2n) is 8.40. The summed E-state index contributed by atoms with van der Waals surface area (Å²) in [7, 11) is 3.36. The molecule has 0 atom stereocenters. The Hall–Kier alpha value is -2.51. The van der Waals surface area contributed by atoms with Gasteiger partial charge < -0.3 is 18.6 Å². The number of fused-ring (bicyclic) bond motifs is 2. The summed E-state index contributed by atoms with van der Waals surface area (Å²) in [5, 5.41) is 0.910. The molecule has 0 unspecified atom stereocenters. The molecule has 2 aromatic carbocycles. The Bertz CT molecular complexity index is 1190.